The molecule has 1 aromatic rings. The lowest BCUT2D eigenvalue weighted by atomic mass is 9.84. The van der Waals surface area contributed by atoms with Crippen molar-refractivity contribution in [3.8, 4) is 5.75 Å². The van der Waals surface area contributed by atoms with Crippen LogP contribution in [0.5, 0.6) is 5.75 Å². The molecule has 3 atom stereocenters. The van der Waals surface area contributed by atoms with E-state index < -0.39 is 0 Å². The number of hydrogen-bond acceptors (Lipinski definition) is 4. The average molecular weight is 289 g/mol. The van der Waals surface area contributed by atoms with Crippen LogP contribution in [0.2, 0.25) is 0 Å². The van der Waals surface area contributed by atoms with E-state index in [2.05, 4.69) is 22.9 Å². The number of nitrogens with zero attached hydrogens (tertiary/aromatic N) is 2. The quantitative estimate of drug-likeness (QED) is 0.877. The molecule has 0 radical (unpaired) electrons. The summed E-state index contributed by atoms with van der Waals surface area (Å²) in [5.74, 6) is 1.08. The summed E-state index contributed by atoms with van der Waals surface area (Å²) >= 11 is 0. The number of nitrogens with two attached hydrogens (primary N) is 1. The Morgan fingerprint density at radius 1 is 1.29 bits per heavy atom. The number of aromatic hydroxyl groups is 1. The van der Waals surface area contributed by atoms with Gasteiger partial charge in [0.1, 0.15) is 5.75 Å². The number of rotatable bonds is 2. The van der Waals surface area contributed by atoms with Crippen molar-refractivity contribution in [3.63, 3.8) is 0 Å². The largest absolute Gasteiger partial charge is 0.508 e. The van der Waals surface area contributed by atoms with Gasteiger partial charge in [0, 0.05) is 42.5 Å². The lowest BCUT2D eigenvalue weighted by Crippen LogP contribution is -2.52. The van der Waals surface area contributed by atoms with Gasteiger partial charge < -0.3 is 20.6 Å². The van der Waals surface area contributed by atoms with E-state index in [9.17, 15) is 5.11 Å². The molecule has 0 aliphatic carbocycles. The Labute approximate surface area is 127 Å². The molecule has 4 nitrogen and oxygen atoms in total. The molecule has 3 N–H and O–H groups in total. The Morgan fingerprint density at radius 3 is 2.81 bits per heavy atom. The number of benzene rings is 1. The van der Waals surface area contributed by atoms with Gasteiger partial charge in [-0.15, -0.1) is 0 Å². The number of phenolic OH excluding ortho intramolecular Hbond substituents is 1. The zero-order valence-corrected chi connectivity index (χ0v) is 13.1. The molecule has 21 heavy (non-hydrogen) atoms. The second-order valence-electron chi connectivity index (χ2n) is 6.72. The molecular weight excluding hydrogens is 262 g/mol. The van der Waals surface area contributed by atoms with Crippen molar-refractivity contribution in [1.29, 1.82) is 0 Å². The fourth-order valence-electron chi connectivity index (χ4n) is 4.00. The van der Waals surface area contributed by atoms with Gasteiger partial charge in [0.05, 0.1) is 0 Å². The van der Waals surface area contributed by atoms with Crippen LogP contribution in [0.15, 0.2) is 18.2 Å². The van der Waals surface area contributed by atoms with Gasteiger partial charge in [0.15, 0.2) is 0 Å². The Hall–Kier alpha value is -1.26. The van der Waals surface area contributed by atoms with Gasteiger partial charge in [0.25, 0.3) is 0 Å². The molecule has 1 aromatic carbocycles. The molecule has 3 rings (SSSR count). The third-order valence-corrected chi connectivity index (χ3v) is 5.22. The van der Waals surface area contributed by atoms with E-state index in [-0.39, 0.29) is 6.04 Å². The highest BCUT2D eigenvalue weighted by Crippen LogP contribution is 2.34. The average Bonchev–Trinajstić information content (AvgIpc) is 2.46. The summed E-state index contributed by atoms with van der Waals surface area (Å²) in [6.45, 7) is 5.32. The lowest BCUT2D eigenvalue weighted by Gasteiger charge is -2.46. The van der Waals surface area contributed by atoms with Crippen LogP contribution in [0, 0.1) is 5.92 Å². The van der Waals surface area contributed by atoms with Gasteiger partial charge in [-0.3, -0.25) is 0 Å². The van der Waals surface area contributed by atoms with E-state index in [4.69, 9.17) is 5.73 Å². The second kappa shape index (κ2) is 5.85. The van der Waals surface area contributed by atoms with Crippen LogP contribution >= 0.6 is 0 Å². The topological polar surface area (TPSA) is 52.7 Å². The zero-order chi connectivity index (χ0) is 15.0. The minimum Gasteiger partial charge on any atom is -0.508 e. The van der Waals surface area contributed by atoms with E-state index in [1.807, 2.05) is 19.1 Å². The number of fused-ring (bicyclic) bond motifs is 1. The molecule has 2 fully saturated rings. The molecule has 0 saturated carbocycles. The minimum atomic E-state index is -0.128. The minimum absolute atomic E-state index is 0.128. The number of piperidine rings is 2. The van der Waals surface area contributed by atoms with Gasteiger partial charge in [-0.2, -0.15) is 0 Å². The normalized spacial score (nSPS) is 28.2. The first kappa shape index (κ1) is 14.7. The molecule has 0 amide bonds. The molecular formula is C17H27N3O. The maximum atomic E-state index is 10.2. The van der Waals surface area contributed by atoms with Gasteiger partial charge >= 0.3 is 0 Å². The van der Waals surface area contributed by atoms with Gasteiger partial charge in [-0.1, -0.05) is 6.07 Å². The van der Waals surface area contributed by atoms with Gasteiger partial charge in [-0.25, -0.2) is 0 Å². The summed E-state index contributed by atoms with van der Waals surface area (Å²) in [7, 11) is 2.26. The zero-order valence-electron chi connectivity index (χ0n) is 13.1. The predicted octanol–water partition coefficient (Wildman–Crippen LogP) is 2.33. The van der Waals surface area contributed by atoms with Crippen molar-refractivity contribution in [3.05, 3.63) is 23.8 Å². The molecule has 3 unspecified atom stereocenters. The SMILES string of the molecule is CC(N)c1ccc(N2CCC3C(CCCN3C)C2)cc1O. The van der Waals surface area contributed by atoms with Crippen molar-refractivity contribution < 1.29 is 5.11 Å². The summed E-state index contributed by atoms with van der Waals surface area (Å²) in [5, 5.41) is 10.2. The third kappa shape index (κ3) is 2.87. The van der Waals surface area contributed by atoms with Crippen LogP contribution < -0.4 is 10.6 Å². The molecule has 116 valence electrons. The van der Waals surface area contributed by atoms with Crippen LogP contribution in [0.25, 0.3) is 0 Å². The van der Waals surface area contributed by atoms with Crippen LogP contribution in [0.1, 0.15) is 37.8 Å². The van der Waals surface area contributed by atoms with Crippen molar-refractivity contribution in [2.45, 2.75) is 38.3 Å². The molecule has 2 aliphatic rings. The van der Waals surface area contributed by atoms with E-state index in [1.165, 1.54) is 25.8 Å². The summed E-state index contributed by atoms with van der Waals surface area (Å²) in [6.07, 6.45) is 3.85. The fourth-order valence-corrected chi connectivity index (χ4v) is 4.00. The standard InChI is InChI=1S/C17H27N3O/c1-12(18)15-6-5-14(10-17(15)21)20-9-7-16-13(11-20)4-3-8-19(16)2/h5-6,10,12-13,16,21H,3-4,7-9,11,18H2,1-2H3. The molecule has 2 heterocycles. The molecule has 4 heteroatoms. The first-order valence-electron chi connectivity index (χ1n) is 8.10. The second-order valence-corrected chi connectivity index (χ2v) is 6.72. The summed E-state index contributed by atoms with van der Waals surface area (Å²) in [5.41, 5.74) is 7.82. The first-order valence-corrected chi connectivity index (χ1v) is 8.10. The van der Waals surface area contributed by atoms with E-state index in [0.717, 1.165) is 36.3 Å². The van der Waals surface area contributed by atoms with Crippen molar-refractivity contribution in [2.24, 2.45) is 11.7 Å². The predicted molar refractivity (Wildman–Crippen MR) is 86.7 cm³/mol. The molecule has 2 aliphatic heterocycles. The van der Waals surface area contributed by atoms with E-state index in [0.29, 0.717) is 5.75 Å². The molecule has 0 spiro atoms. The van der Waals surface area contributed by atoms with Crippen molar-refractivity contribution in [1.82, 2.24) is 4.90 Å². The fraction of sp³-hybridized carbons (Fsp3) is 0.647. The van der Waals surface area contributed by atoms with Crippen LogP contribution in [-0.4, -0.2) is 42.7 Å². The Bertz CT molecular complexity index is 503. The monoisotopic (exact) mass is 289 g/mol. The first-order chi connectivity index (χ1) is 10.1. The lowest BCUT2D eigenvalue weighted by molar-refractivity contribution is 0.102. The van der Waals surface area contributed by atoms with E-state index >= 15 is 0 Å². The molecule has 0 bridgehead atoms. The number of anilines is 1. The van der Waals surface area contributed by atoms with Crippen LogP contribution in [0.3, 0.4) is 0 Å². The van der Waals surface area contributed by atoms with Crippen molar-refractivity contribution >= 4 is 5.69 Å². The highest BCUT2D eigenvalue weighted by atomic mass is 16.3. The van der Waals surface area contributed by atoms with E-state index in [1.54, 1.807) is 0 Å². The van der Waals surface area contributed by atoms with Crippen molar-refractivity contribution in [2.75, 3.05) is 31.6 Å². The summed E-state index contributed by atoms with van der Waals surface area (Å²) < 4.78 is 0. The Balaban J connectivity index is 1.75. The number of phenols is 1. The summed E-state index contributed by atoms with van der Waals surface area (Å²) in [4.78, 5) is 4.95. The smallest absolute Gasteiger partial charge is 0.122 e. The maximum Gasteiger partial charge on any atom is 0.122 e. The summed E-state index contributed by atoms with van der Waals surface area (Å²) in [6, 6.07) is 6.56. The third-order valence-electron chi connectivity index (χ3n) is 5.22. The molecule has 2 saturated heterocycles. The Kier molecular flexibility index (Phi) is 4.09. The molecule has 0 aromatic heterocycles. The highest BCUT2D eigenvalue weighted by molar-refractivity contribution is 5.54. The van der Waals surface area contributed by atoms with Gasteiger partial charge in [0.2, 0.25) is 0 Å². The Morgan fingerprint density at radius 2 is 2.10 bits per heavy atom. The number of hydrogen-bond donors (Lipinski definition) is 2. The van der Waals surface area contributed by atoms with Crippen LogP contribution in [0.4, 0.5) is 5.69 Å². The maximum absolute atomic E-state index is 10.2. The van der Waals surface area contributed by atoms with Crippen LogP contribution in [-0.2, 0) is 0 Å². The van der Waals surface area contributed by atoms with Gasteiger partial charge in [-0.05, 0) is 51.8 Å². The number of likely N-dealkylation sites (tertiary alicyclic amines) is 1. The highest BCUT2D eigenvalue weighted by Gasteiger charge is 2.34.